The lowest BCUT2D eigenvalue weighted by Gasteiger charge is -2.18. The van der Waals surface area contributed by atoms with Crippen LogP contribution in [0.15, 0.2) is 0 Å². The largest absolute Gasteiger partial charge is 0.481 e. The summed E-state index contributed by atoms with van der Waals surface area (Å²) < 4.78 is 6.03. The molecule has 0 spiro atoms. The number of rotatable bonds is 41. The van der Waals surface area contributed by atoms with Gasteiger partial charge in [-0.3, -0.25) is 9.59 Å². The molecule has 0 saturated carbocycles. The summed E-state index contributed by atoms with van der Waals surface area (Å²) in [6.45, 7) is 4.57. The van der Waals surface area contributed by atoms with Crippen molar-refractivity contribution >= 4 is 11.9 Å². The maximum Gasteiger partial charge on any atom is 0.306 e. The van der Waals surface area contributed by atoms with Gasteiger partial charge in [0.1, 0.15) is 6.10 Å². The van der Waals surface area contributed by atoms with Crippen LogP contribution in [0.25, 0.3) is 0 Å². The molecule has 0 aromatic rings. The Balaban J connectivity index is 3.96. The van der Waals surface area contributed by atoms with E-state index in [9.17, 15) is 9.59 Å². The molecule has 0 aromatic heterocycles. The summed E-state index contributed by atoms with van der Waals surface area (Å²) in [5.74, 6) is -0.684. The molecule has 0 radical (unpaired) electrons. The number of carbonyl (C=O) groups is 2. The SMILES string of the molecule is CCCCCCCCCCCCCCCCCC(=O)OC(CCCCCCCCCCCCCCCCC)CCCCCCCC(=O)O. The van der Waals surface area contributed by atoms with E-state index < -0.39 is 5.97 Å². The fraction of sp³-hybridized carbons (Fsp3) is 0.955. The van der Waals surface area contributed by atoms with Crippen LogP contribution in [0.5, 0.6) is 0 Å². The van der Waals surface area contributed by atoms with Crippen LogP contribution in [-0.4, -0.2) is 23.1 Å². The number of carbonyl (C=O) groups excluding carboxylic acids is 1. The first-order chi connectivity index (χ1) is 23.6. The Morgan fingerprint density at radius 2 is 0.625 bits per heavy atom. The molecule has 0 fully saturated rings. The predicted octanol–water partition coefficient (Wildman–Crippen LogP) is 15.2. The zero-order valence-electron chi connectivity index (χ0n) is 32.8. The summed E-state index contributed by atoms with van der Waals surface area (Å²) in [7, 11) is 0. The van der Waals surface area contributed by atoms with E-state index in [4.69, 9.17) is 9.84 Å². The van der Waals surface area contributed by atoms with Gasteiger partial charge in [0, 0.05) is 12.8 Å². The smallest absolute Gasteiger partial charge is 0.306 e. The maximum atomic E-state index is 12.7. The minimum absolute atomic E-state index is 0.0112. The van der Waals surface area contributed by atoms with Gasteiger partial charge < -0.3 is 9.84 Å². The molecule has 0 aliphatic heterocycles. The molecule has 0 amide bonds. The predicted molar refractivity (Wildman–Crippen MR) is 209 cm³/mol. The zero-order chi connectivity index (χ0) is 35.0. The van der Waals surface area contributed by atoms with E-state index in [1.165, 1.54) is 173 Å². The number of ether oxygens (including phenoxy) is 1. The number of hydrogen-bond acceptors (Lipinski definition) is 3. The topological polar surface area (TPSA) is 63.6 Å². The molecule has 4 nitrogen and oxygen atoms in total. The number of esters is 1. The van der Waals surface area contributed by atoms with Crippen molar-refractivity contribution in [1.29, 1.82) is 0 Å². The third-order valence-electron chi connectivity index (χ3n) is 10.3. The van der Waals surface area contributed by atoms with Crippen LogP contribution in [0.4, 0.5) is 0 Å². The highest BCUT2D eigenvalue weighted by atomic mass is 16.5. The van der Waals surface area contributed by atoms with Crippen LogP contribution in [0.2, 0.25) is 0 Å². The first-order valence-electron chi connectivity index (χ1n) is 22.0. The fourth-order valence-corrected chi connectivity index (χ4v) is 7.07. The third-order valence-corrected chi connectivity index (χ3v) is 10.3. The highest BCUT2D eigenvalue weighted by molar-refractivity contribution is 5.69. The molecule has 0 heterocycles. The van der Waals surface area contributed by atoms with Gasteiger partial charge in [0.05, 0.1) is 0 Å². The number of carboxylic acids is 1. The number of aliphatic carboxylic acids is 1. The van der Waals surface area contributed by atoms with Crippen LogP contribution in [0.3, 0.4) is 0 Å². The summed E-state index contributed by atoms with van der Waals surface area (Å²) in [6, 6.07) is 0. The lowest BCUT2D eigenvalue weighted by Crippen LogP contribution is -2.18. The quantitative estimate of drug-likeness (QED) is 0.0516. The van der Waals surface area contributed by atoms with Gasteiger partial charge in [0.2, 0.25) is 0 Å². The van der Waals surface area contributed by atoms with Crippen LogP contribution >= 0.6 is 0 Å². The Hall–Kier alpha value is -1.06. The van der Waals surface area contributed by atoms with Gasteiger partial charge in [-0.1, -0.05) is 213 Å². The van der Waals surface area contributed by atoms with Gasteiger partial charge in [-0.15, -0.1) is 0 Å². The molecule has 0 saturated heterocycles. The van der Waals surface area contributed by atoms with Crippen LogP contribution < -0.4 is 0 Å². The molecule has 1 N–H and O–H groups in total. The van der Waals surface area contributed by atoms with Gasteiger partial charge >= 0.3 is 11.9 Å². The van der Waals surface area contributed by atoms with Crippen molar-refractivity contribution in [2.45, 2.75) is 270 Å². The second-order valence-electron chi connectivity index (χ2n) is 15.3. The highest BCUT2D eigenvalue weighted by Gasteiger charge is 2.14. The zero-order valence-corrected chi connectivity index (χ0v) is 32.8. The molecular formula is C44H86O4. The van der Waals surface area contributed by atoms with E-state index in [2.05, 4.69) is 13.8 Å². The van der Waals surface area contributed by atoms with Gasteiger partial charge in [0.15, 0.2) is 0 Å². The minimum Gasteiger partial charge on any atom is -0.481 e. The normalized spacial score (nSPS) is 12.0. The molecule has 1 unspecified atom stereocenters. The van der Waals surface area contributed by atoms with E-state index in [-0.39, 0.29) is 18.5 Å². The van der Waals surface area contributed by atoms with Gasteiger partial charge in [0.25, 0.3) is 0 Å². The Kier molecular flexibility index (Phi) is 39.5. The van der Waals surface area contributed by atoms with Crippen LogP contribution in [0, 0.1) is 0 Å². The molecule has 0 aromatic carbocycles. The Bertz CT molecular complexity index is 648. The highest BCUT2D eigenvalue weighted by Crippen LogP contribution is 2.19. The molecule has 4 heteroatoms. The number of carboxylic acid groups (broad SMARTS) is 1. The second kappa shape index (κ2) is 40.4. The standard InChI is InChI=1S/C44H86O4/c1-3-5-7-9-11-13-15-17-19-21-23-25-27-30-34-38-42(39-35-31-29-32-36-40-43(45)46)48-44(47)41-37-33-28-26-24-22-20-18-16-14-12-10-8-6-4-2/h42H,3-41H2,1-2H3,(H,45,46). The average molecular weight is 679 g/mol. The number of hydrogen-bond donors (Lipinski definition) is 1. The first kappa shape index (κ1) is 46.9. The first-order valence-corrected chi connectivity index (χ1v) is 22.0. The van der Waals surface area contributed by atoms with E-state index in [0.29, 0.717) is 6.42 Å². The van der Waals surface area contributed by atoms with Gasteiger partial charge in [-0.05, 0) is 38.5 Å². The molecule has 1 atom stereocenters. The van der Waals surface area contributed by atoms with E-state index in [0.717, 1.165) is 64.2 Å². The van der Waals surface area contributed by atoms with Crippen molar-refractivity contribution in [2.24, 2.45) is 0 Å². The summed E-state index contributed by atoms with van der Waals surface area (Å²) in [6.07, 6.45) is 48.5. The molecule has 48 heavy (non-hydrogen) atoms. The van der Waals surface area contributed by atoms with Crippen LogP contribution in [0.1, 0.15) is 264 Å². The molecule has 286 valence electrons. The third kappa shape index (κ3) is 39.4. The Morgan fingerprint density at radius 1 is 0.375 bits per heavy atom. The van der Waals surface area contributed by atoms with E-state index in [1.54, 1.807) is 0 Å². The summed E-state index contributed by atoms with van der Waals surface area (Å²) in [5.41, 5.74) is 0. The van der Waals surface area contributed by atoms with Crippen molar-refractivity contribution in [3.63, 3.8) is 0 Å². The average Bonchev–Trinajstić information content (AvgIpc) is 3.07. The Labute approximate surface area is 301 Å². The van der Waals surface area contributed by atoms with Crippen molar-refractivity contribution in [2.75, 3.05) is 0 Å². The van der Waals surface area contributed by atoms with Crippen molar-refractivity contribution < 1.29 is 19.4 Å². The van der Waals surface area contributed by atoms with E-state index in [1.807, 2.05) is 0 Å². The van der Waals surface area contributed by atoms with Crippen molar-refractivity contribution in [3.05, 3.63) is 0 Å². The lowest BCUT2D eigenvalue weighted by atomic mass is 10.0. The van der Waals surface area contributed by atoms with Crippen LogP contribution in [-0.2, 0) is 14.3 Å². The molecule has 0 rings (SSSR count). The minimum atomic E-state index is -0.695. The second-order valence-corrected chi connectivity index (χ2v) is 15.3. The maximum absolute atomic E-state index is 12.7. The molecule has 0 aliphatic carbocycles. The summed E-state index contributed by atoms with van der Waals surface area (Å²) >= 11 is 0. The van der Waals surface area contributed by atoms with E-state index >= 15 is 0 Å². The van der Waals surface area contributed by atoms with Crippen molar-refractivity contribution in [3.8, 4) is 0 Å². The summed E-state index contributed by atoms with van der Waals surface area (Å²) in [5, 5.41) is 8.84. The molecule has 0 bridgehead atoms. The Morgan fingerprint density at radius 3 is 0.917 bits per heavy atom. The summed E-state index contributed by atoms with van der Waals surface area (Å²) in [4.78, 5) is 23.4. The monoisotopic (exact) mass is 679 g/mol. The fourth-order valence-electron chi connectivity index (χ4n) is 7.07. The lowest BCUT2D eigenvalue weighted by molar-refractivity contribution is -0.150. The molecular weight excluding hydrogens is 592 g/mol. The van der Waals surface area contributed by atoms with Gasteiger partial charge in [-0.25, -0.2) is 0 Å². The number of unbranched alkanes of at least 4 members (excludes halogenated alkanes) is 32. The van der Waals surface area contributed by atoms with Crippen molar-refractivity contribution in [1.82, 2.24) is 0 Å². The van der Waals surface area contributed by atoms with Gasteiger partial charge in [-0.2, -0.15) is 0 Å². The molecule has 0 aliphatic rings.